The van der Waals surface area contributed by atoms with Crippen molar-refractivity contribution in [2.45, 2.75) is 0 Å². The third-order valence-corrected chi connectivity index (χ3v) is 2.80. The average molecular weight is 255 g/mol. The van der Waals surface area contributed by atoms with E-state index < -0.39 is 0 Å². The van der Waals surface area contributed by atoms with Gasteiger partial charge in [0, 0.05) is 21.2 Å². The van der Waals surface area contributed by atoms with E-state index in [1.54, 1.807) is 30.3 Å². The number of phenols is 2. The number of benzene rings is 2. The Labute approximate surface area is 103 Å². The molecule has 2 aromatic rings. The fraction of sp³-hybridized carbons (Fsp3) is 0. The quantitative estimate of drug-likeness (QED) is 0.754. The van der Waals surface area contributed by atoms with E-state index in [9.17, 15) is 10.2 Å². The van der Waals surface area contributed by atoms with Crippen LogP contribution in [-0.2, 0) is 0 Å². The monoisotopic (exact) mass is 254 g/mol. The number of hydrogen-bond donors (Lipinski definition) is 2. The molecule has 0 radical (unpaired) electrons. The molecular weight excluding hydrogens is 247 g/mol. The lowest BCUT2D eigenvalue weighted by molar-refractivity contribution is 0.405. The lowest BCUT2D eigenvalue weighted by Crippen LogP contribution is -1.81. The minimum Gasteiger partial charge on any atom is -0.504 e. The molecule has 0 aliphatic heterocycles. The molecule has 16 heavy (non-hydrogen) atoms. The van der Waals surface area contributed by atoms with Crippen LogP contribution in [0.4, 0.5) is 0 Å². The first-order valence-electron chi connectivity index (χ1n) is 4.56. The van der Waals surface area contributed by atoms with E-state index in [1.165, 1.54) is 6.07 Å². The zero-order valence-electron chi connectivity index (χ0n) is 8.11. The summed E-state index contributed by atoms with van der Waals surface area (Å²) in [5, 5.41) is 20.1. The van der Waals surface area contributed by atoms with E-state index >= 15 is 0 Å². The van der Waals surface area contributed by atoms with Gasteiger partial charge >= 0.3 is 0 Å². The van der Waals surface area contributed by atoms with Gasteiger partial charge in [0.05, 0.1) is 0 Å². The maximum atomic E-state index is 9.71. The van der Waals surface area contributed by atoms with Crippen molar-refractivity contribution in [3.8, 4) is 22.6 Å². The van der Waals surface area contributed by atoms with Crippen molar-refractivity contribution in [1.29, 1.82) is 0 Å². The van der Waals surface area contributed by atoms with Crippen molar-refractivity contribution < 1.29 is 10.2 Å². The fourth-order valence-corrected chi connectivity index (χ4v) is 1.84. The molecule has 0 unspecified atom stereocenters. The van der Waals surface area contributed by atoms with Crippen molar-refractivity contribution in [3.05, 3.63) is 46.4 Å². The maximum Gasteiger partial charge on any atom is 0.165 e. The summed E-state index contributed by atoms with van der Waals surface area (Å²) in [4.78, 5) is 0. The maximum absolute atomic E-state index is 9.71. The van der Waals surface area contributed by atoms with Gasteiger partial charge < -0.3 is 10.2 Å². The van der Waals surface area contributed by atoms with Crippen LogP contribution in [0.5, 0.6) is 11.5 Å². The topological polar surface area (TPSA) is 40.5 Å². The van der Waals surface area contributed by atoms with Crippen LogP contribution in [0.1, 0.15) is 0 Å². The minimum absolute atomic E-state index is 0.187. The second kappa shape index (κ2) is 4.24. The summed E-state index contributed by atoms with van der Waals surface area (Å²) in [5.41, 5.74) is 1.04. The molecular formula is C12H8Cl2O2. The number of halogens is 2. The summed E-state index contributed by atoms with van der Waals surface area (Å²) in [6.07, 6.45) is 0. The summed E-state index contributed by atoms with van der Waals surface area (Å²) in [6.45, 7) is 0. The Bertz CT molecular complexity index is 539. The molecule has 4 heteroatoms. The molecule has 82 valence electrons. The van der Waals surface area contributed by atoms with E-state index in [4.69, 9.17) is 23.2 Å². The van der Waals surface area contributed by atoms with Gasteiger partial charge in [-0.05, 0) is 24.3 Å². The normalized spacial score (nSPS) is 10.4. The van der Waals surface area contributed by atoms with Crippen LogP contribution in [0.15, 0.2) is 36.4 Å². The highest BCUT2D eigenvalue weighted by atomic mass is 35.5. The number of phenolic OH excluding ortho intramolecular Hbond substituents is 2. The Kier molecular flexibility index (Phi) is 2.95. The summed E-state index contributed by atoms with van der Waals surface area (Å²) < 4.78 is 0. The second-order valence-electron chi connectivity index (χ2n) is 3.30. The molecule has 2 rings (SSSR count). The standard InChI is InChI=1S/C12H8Cl2O2/c13-7-4-5-10(14)9(6-7)8-2-1-3-11(15)12(8)16/h1-6,15-16H. The molecule has 0 amide bonds. The predicted octanol–water partition coefficient (Wildman–Crippen LogP) is 4.07. The zero-order valence-corrected chi connectivity index (χ0v) is 9.63. The number of para-hydroxylation sites is 1. The van der Waals surface area contributed by atoms with Crippen LogP contribution in [0.3, 0.4) is 0 Å². The molecule has 0 saturated heterocycles. The molecule has 0 spiro atoms. The van der Waals surface area contributed by atoms with Crippen LogP contribution < -0.4 is 0 Å². The molecule has 0 saturated carbocycles. The third kappa shape index (κ3) is 1.94. The van der Waals surface area contributed by atoms with Crippen molar-refractivity contribution in [1.82, 2.24) is 0 Å². The predicted molar refractivity (Wildman–Crippen MR) is 65.2 cm³/mol. The Morgan fingerprint density at radius 1 is 0.875 bits per heavy atom. The van der Waals surface area contributed by atoms with Crippen LogP contribution in [-0.4, -0.2) is 10.2 Å². The van der Waals surface area contributed by atoms with Gasteiger partial charge in [0.25, 0.3) is 0 Å². The van der Waals surface area contributed by atoms with E-state index in [0.29, 0.717) is 21.2 Å². The van der Waals surface area contributed by atoms with Gasteiger partial charge in [0.15, 0.2) is 11.5 Å². The molecule has 0 fully saturated rings. The lowest BCUT2D eigenvalue weighted by Gasteiger charge is -2.08. The fourth-order valence-electron chi connectivity index (χ4n) is 1.45. The van der Waals surface area contributed by atoms with Crippen molar-refractivity contribution >= 4 is 23.2 Å². The van der Waals surface area contributed by atoms with Gasteiger partial charge in [0.2, 0.25) is 0 Å². The van der Waals surface area contributed by atoms with Crippen molar-refractivity contribution in [3.63, 3.8) is 0 Å². The van der Waals surface area contributed by atoms with Gasteiger partial charge in [-0.15, -0.1) is 0 Å². The molecule has 0 aliphatic rings. The first-order valence-corrected chi connectivity index (χ1v) is 5.31. The zero-order chi connectivity index (χ0) is 11.7. The van der Waals surface area contributed by atoms with Crippen LogP contribution in [0.2, 0.25) is 10.0 Å². The number of hydrogen-bond acceptors (Lipinski definition) is 2. The SMILES string of the molecule is Oc1cccc(-c2cc(Cl)ccc2Cl)c1O. The molecule has 0 aromatic heterocycles. The van der Waals surface area contributed by atoms with E-state index in [0.717, 1.165) is 0 Å². The van der Waals surface area contributed by atoms with Crippen LogP contribution in [0, 0.1) is 0 Å². The lowest BCUT2D eigenvalue weighted by atomic mass is 10.0. The van der Waals surface area contributed by atoms with Crippen molar-refractivity contribution in [2.75, 3.05) is 0 Å². The van der Waals surface area contributed by atoms with E-state index in [1.807, 2.05) is 0 Å². The molecule has 2 aromatic carbocycles. The Balaban J connectivity index is 2.67. The summed E-state index contributed by atoms with van der Waals surface area (Å²) >= 11 is 11.9. The first kappa shape index (κ1) is 11.1. The summed E-state index contributed by atoms with van der Waals surface area (Å²) in [5.74, 6) is -0.389. The molecule has 0 atom stereocenters. The summed E-state index contributed by atoms with van der Waals surface area (Å²) in [6, 6.07) is 9.62. The average Bonchev–Trinajstić information content (AvgIpc) is 2.26. The highest BCUT2D eigenvalue weighted by molar-refractivity contribution is 6.35. The number of rotatable bonds is 1. The summed E-state index contributed by atoms with van der Waals surface area (Å²) in [7, 11) is 0. The van der Waals surface area contributed by atoms with Gasteiger partial charge in [-0.1, -0.05) is 35.3 Å². The first-order chi connectivity index (χ1) is 7.59. The molecule has 2 nitrogen and oxygen atoms in total. The van der Waals surface area contributed by atoms with Gasteiger partial charge in [-0.25, -0.2) is 0 Å². The third-order valence-electron chi connectivity index (χ3n) is 2.23. The van der Waals surface area contributed by atoms with Crippen molar-refractivity contribution in [2.24, 2.45) is 0 Å². The second-order valence-corrected chi connectivity index (χ2v) is 4.14. The van der Waals surface area contributed by atoms with Crippen LogP contribution in [0.25, 0.3) is 11.1 Å². The Hall–Kier alpha value is -1.38. The molecule has 2 N–H and O–H groups in total. The van der Waals surface area contributed by atoms with Gasteiger partial charge in [-0.2, -0.15) is 0 Å². The van der Waals surface area contributed by atoms with E-state index in [2.05, 4.69) is 0 Å². The Morgan fingerprint density at radius 3 is 2.38 bits per heavy atom. The van der Waals surface area contributed by atoms with E-state index in [-0.39, 0.29) is 11.5 Å². The minimum atomic E-state index is -0.202. The number of aromatic hydroxyl groups is 2. The molecule has 0 heterocycles. The highest BCUT2D eigenvalue weighted by Crippen LogP contribution is 2.40. The Morgan fingerprint density at radius 2 is 1.62 bits per heavy atom. The van der Waals surface area contributed by atoms with Gasteiger partial charge in [0.1, 0.15) is 0 Å². The molecule has 0 aliphatic carbocycles. The van der Waals surface area contributed by atoms with Gasteiger partial charge in [-0.3, -0.25) is 0 Å². The highest BCUT2D eigenvalue weighted by Gasteiger charge is 2.11. The molecule has 0 bridgehead atoms. The smallest absolute Gasteiger partial charge is 0.165 e. The largest absolute Gasteiger partial charge is 0.504 e. The van der Waals surface area contributed by atoms with Crippen LogP contribution >= 0.6 is 23.2 Å².